The van der Waals surface area contributed by atoms with Crippen molar-refractivity contribution in [1.82, 2.24) is 9.80 Å². The fraction of sp³-hybridized carbons (Fsp3) is 0.474. The van der Waals surface area contributed by atoms with Crippen molar-refractivity contribution in [3.05, 3.63) is 41.5 Å². The van der Waals surface area contributed by atoms with E-state index in [1.807, 2.05) is 28.0 Å². The lowest BCUT2D eigenvalue weighted by Crippen LogP contribution is -2.37. The van der Waals surface area contributed by atoms with E-state index >= 15 is 0 Å². The number of hydrogen-bond acceptors (Lipinski definition) is 5. The molecule has 27 heavy (non-hydrogen) atoms. The van der Waals surface area contributed by atoms with Crippen molar-refractivity contribution in [2.75, 3.05) is 39.9 Å². The highest BCUT2D eigenvalue weighted by Gasteiger charge is 2.34. The topological polar surface area (TPSA) is 79.3 Å². The molecule has 146 valence electrons. The molecule has 1 fully saturated rings. The molecule has 0 saturated carbocycles. The van der Waals surface area contributed by atoms with Crippen molar-refractivity contribution in [1.29, 1.82) is 0 Å². The number of rotatable bonds is 4. The number of carbonyl (C=O) groups excluding carboxylic acids is 1. The van der Waals surface area contributed by atoms with E-state index in [2.05, 4.69) is 4.40 Å². The van der Waals surface area contributed by atoms with Crippen LogP contribution in [-0.2, 0) is 19.6 Å². The molecule has 2 aliphatic heterocycles. The van der Waals surface area contributed by atoms with E-state index in [1.54, 1.807) is 26.2 Å². The fourth-order valence-electron chi connectivity index (χ4n) is 3.50. The molecule has 0 bridgehead atoms. The zero-order chi connectivity index (χ0) is 19.4. The molecule has 0 unspecified atom stereocenters. The van der Waals surface area contributed by atoms with Crippen LogP contribution in [0.2, 0.25) is 0 Å². The molecule has 1 aromatic rings. The Morgan fingerprint density at radius 3 is 2.59 bits per heavy atom. The number of benzene rings is 1. The predicted octanol–water partition coefficient (Wildman–Crippen LogP) is 1.73. The van der Waals surface area contributed by atoms with Crippen LogP contribution in [-0.4, -0.2) is 69.9 Å². The highest BCUT2D eigenvalue weighted by Crippen LogP contribution is 2.33. The maximum atomic E-state index is 12.7. The zero-order valence-corrected chi connectivity index (χ0v) is 16.5. The second-order valence-electron chi connectivity index (χ2n) is 6.67. The molecule has 1 amide bonds. The van der Waals surface area contributed by atoms with Crippen LogP contribution < -0.4 is 0 Å². The zero-order valence-electron chi connectivity index (χ0n) is 15.7. The molecular formula is C19H25N3O4S. The van der Waals surface area contributed by atoms with E-state index in [1.165, 1.54) is 0 Å². The third kappa shape index (κ3) is 4.22. The number of sulfonamides is 1. The Hall–Kier alpha value is -2.19. The van der Waals surface area contributed by atoms with Gasteiger partial charge in [0, 0.05) is 38.9 Å². The van der Waals surface area contributed by atoms with Gasteiger partial charge in [-0.2, -0.15) is 8.42 Å². The molecule has 0 atom stereocenters. The minimum absolute atomic E-state index is 0.0666. The van der Waals surface area contributed by atoms with Crippen molar-refractivity contribution in [2.45, 2.75) is 19.8 Å². The van der Waals surface area contributed by atoms with Crippen LogP contribution in [0.3, 0.4) is 0 Å². The Morgan fingerprint density at radius 1 is 1.15 bits per heavy atom. The second kappa shape index (κ2) is 8.22. The number of ether oxygens (including phenoxy) is 1. The van der Waals surface area contributed by atoms with E-state index in [4.69, 9.17) is 4.74 Å². The van der Waals surface area contributed by atoms with Crippen molar-refractivity contribution in [3.63, 3.8) is 0 Å². The lowest BCUT2D eigenvalue weighted by Gasteiger charge is -2.23. The first-order valence-electron chi connectivity index (χ1n) is 9.07. The summed E-state index contributed by atoms with van der Waals surface area (Å²) in [6.45, 7) is 4.65. The standard InChI is InChI=1S/C19H25N3O4S/c1-15-18(16-7-4-3-5-8-16)27(24,25)20-19(15)22-11-6-10-21(12-13-22)17(23)9-14-26-2/h3-5,7-8H,6,9-14H2,1-2H3. The highest BCUT2D eigenvalue weighted by atomic mass is 32.2. The third-order valence-corrected chi connectivity index (χ3v) is 6.32. The summed E-state index contributed by atoms with van der Waals surface area (Å²) in [6, 6.07) is 9.06. The summed E-state index contributed by atoms with van der Waals surface area (Å²) in [5.41, 5.74) is 1.32. The van der Waals surface area contributed by atoms with Crippen molar-refractivity contribution in [3.8, 4) is 0 Å². The van der Waals surface area contributed by atoms with Crippen LogP contribution in [0.25, 0.3) is 4.91 Å². The van der Waals surface area contributed by atoms with Gasteiger partial charge in [-0.25, -0.2) is 0 Å². The minimum atomic E-state index is -3.71. The average molecular weight is 391 g/mol. The molecule has 7 nitrogen and oxygen atoms in total. The fourth-order valence-corrected chi connectivity index (χ4v) is 4.98. The van der Waals surface area contributed by atoms with Crippen LogP contribution in [0, 0.1) is 0 Å². The summed E-state index contributed by atoms with van der Waals surface area (Å²) in [5.74, 6) is 0.567. The van der Waals surface area contributed by atoms with Gasteiger partial charge in [0.15, 0.2) is 0 Å². The molecule has 0 spiro atoms. The Labute approximate surface area is 160 Å². The molecule has 0 N–H and O–H groups in total. The van der Waals surface area contributed by atoms with Crippen molar-refractivity contribution < 1.29 is 17.9 Å². The molecule has 8 heteroatoms. The number of hydrogen-bond donors (Lipinski definition) is 0. The molecular weight excluding hydrogens is 366 g/mol. The Bertz CT molecular complexity index is 862. The first-order chi connectivity index (χ1) is 12.9. The van der Waals surface area contributed by atoms with Gasteiger partial charge in [0.05, 0.1) is 13.0 Å². The van der Waals surface area contributed by atoms with Gasteiger partial charge in [0.25, 0.3) is 10.0 Å². The monoisotopic (exact) mass is 391 g/mol. The number of carbonyl (C=O) groups is 1. The van der Waals surface area contributed by atoms with Crippen molar-refractivity contribution >= 4 is 26.7 Å². The van der Waals surface area contributed by atoms with Gasteiger partial charge in [-0.1, -0.05) is 30.3 Å². The molecule has 2 aliphatic rings. The SMILES string of the molecule is COCCC(=O)N1CCCN(C2=NS(=O)(=O)C(c3ccccc3)=C2C)CC1. The molecule has 0 radical (unpaired) electrons. The van der Waals surface area contributed by atoms with E-state index in [-0.39, 0.29) is 10.8 Å². The lowest BCUT2D eigenvalue weighted by atomic mass is 10.1. The van der Waals surface area contributed by atoms with Gasteiger partial charge in [-0.05, 0) is 18.9 Å². The average Bonchev–Trinajstić information content (AvgIpc) is 2.82. The summed E-state index contributed by atoms with van der Waals surface area (Å²) in [5, 5.41) is 0. The van der Waals surface area contributed by atoms with Crippen LogP contribution in [0.4, 0.5) is 0 Å². The summed E-state index contributed by atoms with van der Waals surface area (Å²) < 4.78 is 34.3. The van der Waals surface area contributed by atoms with Crippen LogP contribution in [0.15, 0.2) is 40.3 Å². The summed E-state index contributed by atoms with van der Waals surface area (Å²) in [7, 11) is -2.13. The molecule has 3 rings (SSSR count). The lowest BCUT2D eigenvalue weighted by molar-refractivity contribution is -0.131. The van der Waals surface area contributed by atoms with E-state index in [0.29, 0.717) is 56.2 Å². The number of amidine groups is 1. The third-order valence-electron chi connectivity index (χ3n) is 4.84. The number of amides is 1. The normalized spacial score (nSPS) is 19.9. The smallest absolute Gasteiger partial charge is 0.285 e. The molecule has 0 aliphatic carbocycles. The van der Waals surface area contributed by atoms with E-state index in [0.717, 1.165) is 6.42 Å². The molecule has 0 aromatic heterocycles. The molecule has 2 heterocycles. The van der Waals surface area contributed by atoms with E-state index in [9.17, 15) is 13.2 Å². The summed E-state index contributed by atoms with van der Waals surface area (Å²) in [6.07, 6.45) is 1.13. The van der Waals surface area contributed by atoms with Gasteiger partial charge in [0.2, 0.25) is 5.91 Å². The van der Waals surface area contributed by atoms with Gasteiger partial charge in [0.1, 0.15) is 10.7 Å². The number of nitrogens with zero attached hydrogens (tertiary/aromatic N) is 3. The Balaban J connectivity index is 1.79. The van der Waals surface area contributed by atoms with Crippen LogP contribution >= 0.6 is 0 Å². The minimum Gasteiger partial charge on any atom is -0.384 e. The Kier molecular flexibility index (Phi) is 5.96. The predicted molar refractivity (Wildman–Crippen MR) is 105 cm³/mol. The Morgan fingerprint density at radius 2 is 1.89 bits per heavy atom. The molecule has 1 saturated heterocycles. The largest absolute Gasteiger partial charge is 0.384 e. The highest BCUT2D eigenvalue weighted by molar-refractivity contribution is 8.00. The van der Waals surface area contributed by atoms with Gasteiger partial charge >= 0.3 is 0 Å². The number of methoxy groups -OCH3 is 1. The first kappa shape index (κ1) is 19.6. The summed E-state index contributed by atoms with van der Waals surface area (Å²) in [4.78, 5) is 16.3. The second-order valence-corrected chi connectivity index (χ2v) is 8.22. The van der Waals surface area contributed by atoms with Crippen LogP contribution in [0.5, 0.6) is 0 Å². The first-order valence-corrected chi connectivity index (χ1v) is 10.5. The summed E-state index contributed by atoms with van der Waals surface area (Å²) >= 11 is 0. The maximum Gasteiger partial charge on any atom is 0.285 e. The van der Waals surface area contributed by atoms with Crippen molar-refractivity contribution in [2.24, 2.45) is 4.40 Å². The quantitative estimate of drug-likeness (QED) is 0.781. The van der Waals surface area contributed by atoms with Gasteiger partial charge in [-0.15, -0.1) is 4.40 Å². The maximum absolute atomic E-state index is 12.7. The van der Waals surface area contributed by atoms with Crippen LogP contribution in [0.1, 0.15) is 25.3 Å². The van der Waals surface area contributed by atoms with Gasteiger partial charge in [-0.3, -0.25) is 4.79 Å². The van der Waals surface area contributed by atoms with Gasteiger partial charge < -0.3 is 14.5 Å². The van der Waals surface area contributed by atoms with E-state index < -0.39 is 10.0 Å². The molecule has 1 aromatic carbocycles.